The van der Waals surface area contributed by atoms with Gasteiger partial charge >= 0.3 is 12.1 Å². The molecule has 0 spiro atoms. The lowest BCUT2D eigenvalue weighted by molar-refractivity contribution is -0.192. The van der Waals surface area contributed by atoms with Crippen LogP contribution in [0.3, 0.4) is 0 Å². The van der Waals surface area contributed by atoms with Gasteiger partial charge in [0.25, 0.3) is 0 Å². The van der Waals surface area contributed by atoms with Gasteiger partial charge in [0.2, 0.25) is 23.8 Å². The Balaban J connectivity index is 0.000000559. The van der Waals surface area contributed by atoms with Crippen molar-refractivity contribution in [3.8, 4) is 0 Å². The van der Waals surface area contributed by atoms with E-state index < -0.39 is 18.1 Å². The standard InChI is InChI=1S/C23H27FN8O.C2HF3O2/c1-14-2-5-16(20(25)33)12-19(14)29-23-31-21(27-11-8-15-3-6-17(24)7-4-15)30-22(32-23)28-18-9-10-26-13-18;3-2(4,5)1(6)7/h2-7,12,18,26H,8-11,13H2,1H3,(H2,25,33)(H3,27,28,29,30,31,32);(H,6,7)/t18-;/m1./s1. The number of amides is 1. The smallest absolute Gasteiger partial charge is 0.475 e. The van der Waals surface area contributed by atoms with Gasteiger partial charge < -0.3 is 32.1 Å². The molecule has 1 aromatic heterocycles. The zero-order valence-electron chi connectivity index (χ0n) is 21.3. The number of aliphatic carboxylic acids is 1. The first-order chi connectivity index (χ1) is 18.9. The highest BCUT2D eigenvalue weighted by atomic mass is 19.4. The van der Waals surface area contributed by atoms with Gasteiger partial charge in [-0.1, -0.05) is 18.2 Å². The number of alkyl halides is 3. The molecular formula is C25H28F4N8O3. The number of benzene rings is 2. The van der Waals surface area contributed by atoms with Crippen molar-refractivity contribution in [3.63, 3.8) is 0 Å². The van der Waals surface area contributed by atoms with Gasteiger partial charge in [0, 0.05) is 30.4 Å². The average Bonchev–Trinajstić information content (AvgIpc) is 3.39. The number of carboxylic acid groups (broad SMARTS) is 1. The van der Waals surface area contributed by atoms with Crippen molar-refractivity contribution in [3.05, 3.63) is 65.0 Å². The van der Waals surface area contributed by atoms with E-state index in [2.05, 4.69) is 36.2 Å². The number of nitrogens with one attached hydrogen (secondary N) is 4. The quantitative estimate of drug-likeness (QED) is 0.212. The lowest BCUT2D eigenvalue weighted by atomic mass is 10.1. The van der Waals surface area contributed by atoms with E-state index in [-0.39, 0.29) is 11.9 Å². The Kier molecular flexibility index (Phi) is 10.1. The van der Waals surface area contributed by atoms with Gasteiger partial charge in [-0.2, -0.15) is 28.1 Å². The van der Waals surface area contributed by atoms with Gasteiger partial charge in [-0.05, 0) is 61.7 Å². The fourth-order valence-corrected chi connectivity index (χ4v) is 3.54. The fourth-order valence-electron chi connectivity index (χ4n) is 3.54. The summed E-state index contributed by atoms with van der Waals surface area (Å²) < 4.78 is 44.9. The number of primary amides is 1. The van der Waals surface area contributed by atoms with Crippen LogP contribution in [0.4, 0.5) is 41.1 Å². The van der Waals surface area contributed by atoms with E-state index >= 15 is 0 Å². The van der Waals surface area contributed by atoms with E-state index in [4.69, 9.17) is 15.6 Å². The largest absolute Gasteiger partial charge is 0.490 e. The summed E-state index contributed by atoms with van der Waals surface area (Å²) in [5.41, 5.74) is 8.42. The predicted molar refractivity (Wildman–Crippen MR) is 140 cm³/mol. The molecule has 1 aliphatic heterocycles. The number of carbonyl (C=O) groups is 2. The molecule has 1 amide bonds. The third kappa shape index (κ3) is 9.34. The maximum Gasteiger partial charge on any atom is 0.490 e. The molecule has 0 radical (unpaired) electrons. The summed E-state index contributed by atoms with van der Waals surface area (Å²) in [6, 6.07) is 11.8. The Morgan fingerprint density at radius 3 is 2.33 bits per heavy atom. The number of hydrogen-bond donors (Lipinski definition) is 6. The van der Waals surface area contributed by atoms with Crippen LogP contribution < -0.4 is 27.0 Å². The number of carboxylic acids is 1. The number of carbonyl (C=O) groups excluding carboxylic acids is 1. The molecule has 7 N–H and O–H groups in total. The number of aromatic nitrogens is 3. The second kappa shape index (κ2) is 13.5. The first kappa shape index (κ1) is 30.0. The Morgan fingerprint density at radius 2 is 1.73 bits per heavy atom. The minimum Gasteiger partial charge on any atom is -0.475 e. The molecule has 1 aliphatic rings. The van der Waals surface area contributed by atoms with Gasteiger partial charge in [0.05, 0.1) is 0 Å². The van der Waals surface area contributed by atoms with E-state index in [9.17, 15) is 22.4 Å². The molecule has 1 atom stereocenters. The van der Waals surface area contributed by atoms with E-state index in [0.29, 0.717) is 42.1 Å². The normalized spacial score (nSPS) is 14.6. The number of nitrogens with zero attached hydrogens (tertiary/aromatic N) is 3. The van der Waals surface area contributed by atoms with Crippen LogP contribution >= 0.6 is 0 Å². The molecule has 0 aliphatic carbocycles. The number of nitrogens with two attached hydrogens (primary N) is 1. The zero-order chi connectivity index (χ0) is 29.3. The number of anilines is 4. The molecule has 214 valence electrons. The second-order valence-electron chi connectivity index (χ2n) is 8.77. The molecule has 3 aromatic rings. The van der Waals surface area contributed by atoms with Crippen LogP contribution in [0, 0.1) is 12.7 Å². The van der Waals surface area contributed by atoms with Gasteiger partial charge in [0.1, 0.15) is 5.82 Å². The van der Waals surface area contributed by atoms with Crippen LogP contribution in [0.15, 0.2) is 42.5 Å². The molecule has 2 aromatic carbocycles. The van der Waals surface area contributed by atoms with E-state index in [1.54, 1.807) is 24.3 Å². The van der Waals surface area contributed by atoms with E-state index in [1.165, 1.54) is 12.1 Å². The average molecular weight is 565 g/mol. The summed E-state index contributed by atoms with van der Waals surface area (Å²) in [5.74, 6) is -2.32. The van der Waals surface area contributed by atoms with Crippen LogP contribution in [0.1, 0.15) is 27.9 Å². The third-order valence-electron chi connectivity index (χ3n) is 5.65. The molecule has 2 heterocycles. The third-order valence-corrected chi connectivity index (χ3v) is 5.65. The van der Waals surface area contributed by atoms with E-state index in [1.807, 2.05) is 13.0 Å². The van der Waals surface area contributed by atoms with Crippen molar-refractivity contribution in [1.29, 1.82) is 0 Å². The van der Waals surface area contributed by atoms with Crippen molar-refractivity contribution < 1.29 is 32.3 Å². The summed E-state index contributed by atoms with van der Waals surface area (Å²) in [5, 5.41) is 20.2. The summed E-state index contributed by atoms with van der Waals surface area (Å²) in [7, 11) is 0. The Bertz CT molecular complexity index is 1320. The molecule has 0 unspecified atom stereocenters. The monoisotopic (exact) mass is 564 g/mol. The van der Waals surface area contributed by atoms with Crippen molar-refractivity contribution in [2.24, 2.45) is 5.73 Å². The zero-order valence-corrected chi connectivity index (χ0v) is 21.3. The fraction of sp³-hybridized carbons (Fsp3) is 0.320. The van der Waals surface area contributed by atoms with Crippen molar-refractivity contribution in [1.82, 2.24) is 20.3 Å². The van der Waals surface area contributed by atoms with Gasteiger partial charge in [0.15, 0.2) is 0 Å². The second-order valence-corrected chi connectivity index (χ2v) is 8.77. The summed E-state index contributed by atoms with van der Waals surface area (Å²) in [6.07, 6.45) is -3.43. The lowest BCUT2D eigenvalue weighted by Crippen LogP contribution is -2.24. The maximum atomic E-state index is 13.1. The Hall–Kier alpha value is -4.53. The van der Waals surface area contributed by atoms with Crippen LogP contribution in [0.2, 0.25) is 0 Å². The molecule has 0 saturated carbocycles. The van der Waals surface area contributed by atoms with Gasteiger partial charge in [-0.15, -0.1) is 0 Å². The molecule has 1 fully saturated rings. The summed E-state index contributed by atoms with van der Waals surface area (Å²) >= 11 is 0. The predicted octanol–water partition coefficient (Wildman–Crippen LogP) is 3.22. The molecule has 40 heavy (non-hydrogen) atoms. The Labute approximate surface area is 226 Å². The lowest BCUT2D eigenvalue weighted by Gasteiger charge is -2.15. The van der Waals surface area contributed by atoms with Crippen molar-refractivity contribution in [2.45, 2.75) is 32.0 Å². The van der Waals surface area contributed by atoms with Crippen molar-refractivity contribution >= 4 is 35.4 Å². The van der Waals surface area contributed by atoms with Crippen LogP contribution in [-0.4, -0.2) is 63.8 Å². The minimum absolute atomic E-state index is 0.229. The number of halogens is 4. The van der Waals surface area contributed by atoms with Gasteiger partial charge in [-0.3, -0.25) is 4.79 Å². The minimum atomic E-state index is -5.08. The van der Waals surface area contributed by atoms with Crippen LogP contribution in [-0.2, 0) is 11.2 Å². The molecule has 0 bridgehead atoms. The molecule has 11 nitrogen and oxygen atoms in total. The topological polar surface area (TPSA) is 167 Å². The maximum absolute atomic E-state index is 13.1. The van der Waals surface area contributed by atoms with Crippen LogP contribution in [0.5, 0.6) is 0 Å². The summed E-state index contributed by atoms with van der Waals surface area (Å²) in [6.45, 7) is 4.26. The van der Waals surface area contributed by atoms with Crippen LogP contribution in [0.25, 0.3) is 0 Å². The van der Waals surface area contributed by atoms with Crippen molar-refractivity contribution in [2.75, 3.05) is 35.6 Å². The van der Waals surface area contributed by atoms with E-state index in [0.717, 1.165) is 30.6 Å². The molecule has 4 rings (SSSR count). The number of rotatable bonds is 9. The SMILES string of the molecule is Cc1ccc(C(N)=O)cc1Nc1nc(NCCc2ccc(F)cc2)nc(N[C@@H]2CCNC2)n1.O=C(O)C(F)(F)F. The molecule has 1 saturated heterocycles. The molecule has 15 heteroatoms. The summed E-state index contributed by atoms with van der Waals surface area (Å²) in [4.78, 5) is 34.0. The highest BCUT2D eigenvalue weighted by Gasteiger charge is 2.38. The Morgan fingerprint density at radius 1 is 1.07 bits per heavy atom. The molecular weight excluding hydrogens is 536 g/mol. The first-order valence-corrected chi connectivity index (χ1v) is 12.1. The number of aryl methyl sites for hydroxylation is 1. The number of hydrogen-bond acceptors (Lipinski definition) is 9. The first-order valence-electron chi connectivity index (χ1n) is 12.1. The van der Waals surface area contributed by atoms with Gasteiger partial charge in [-0.25, -0.2) is 9.18 Å². The highest BCUT2D eigenvalue weighted by Crippen LogP contribution is 2.22. The highest BCUT2D eigenvalue weighted by molar-refractivity contribution is 5.94.